The average molecular weight is 292 g/mol. The monoisotopic (exact) mass is 292 g/mol. The van der Waals surface area contributed by atoms with Gasteiger partial charge in [-0.05, 0) is 44.1 Å². The highest BCUT2D eigenvalue weighted by molar-refractivity contribution is 7.18. The SMILES string of the molecule is CC1CCCC(Nc2cc(N)c(C(=O)C3CC3)s2)CC1. The molecule has 0 saturated heterocycles. The summed E-state index contributed by atoms with van der Waals surface area (Å²) in [5.74, 6) is 1.36. The van der Waals surface area contributed by atoms with Gasteiger partial charge in [0.05, 0.1) is 15.6 Å². The van der Waals surface area contributed by atoms with E-state index in [1.165, 1.54) is 32.1 Å². The Morgan fingerprint density at radius 3 is 2.80 bits per heavy atom. The Hall–Kier alpha value is -1.03. The van der Waals surface area contributed by atoms with E-state index in [2.05, 4.69) is 12.2 Å². The summed E-state index contributed by atoms with van der Waals surface area (Å²) < 4.78 is 0. The van der Waals surface area contributed by atoms with Crippen LogP contribution >= 0.6 is 11.3 Å². The molecule has 4 heteroatoms. The van der Waals surface area contributed by atoms with Crippen molar-refractivity contribution in [2.24, 2.45) is 11.8 Å². The minimum absolute atomic E-state index is 0.252. The van der Waals surface area contributed by atoms with E-state index < -0.39 is 0 Å². The van der Waals surface area contributed by atoms with Gasteiger partial charge in [0.25, 0.3) is 0 Å². The summed E-state index contributed by atoms with van der Waals surface area (Å²) in [4.78, 5) is 12.9. The standard InChI is InChI=1S/C16H24N2OS/c1-10-3-2-4-12(8-5-10)18-14-9-13(17)16(20-14)15(19)11-6-7-11/h9-12,18H,2-8,17H2,1H3. The molecule has 0 spiro atoms. The number of Topliss-reactive ketones (excluding diaryl/α,β-unsaturated/α-hetero) is 1. The Morgan fingerprint density at radius 2 is 2.05 bits per heavy atom. The minimum atomic E-state index is 0.252. The molecule has 3 rings (SSSR count). The fourth-order valence-electron chi connectivity index (χ4n) is 3.03. The number of anilines is 2. The van der Waals surface area contributed by atoms with Crippen LogP contribution < -0.4 is 11.1 Å². The lowest BCUT2D eigenvalue weighted by atomic mass is 10.0. The fourth-order valence-corrected chi connectivity index (χ4v) is 4.11. The molecule has 20 heavy (non-hydrogen) atoms. The molecule has 0 amide bonds. The van der Waals surface area contributed by atoms with Crippen LogP contribution in [-0.2, 0) is 0 Å². The van der Waals surface area contributed by atoms with Crippen molar-refractivity contribution in [1.82, 2.24) is 0 Å². The Balaban J connectivity index is 1.65. The molecule has 2 saturated carbocycles. The molecule has 2 aliphatic rings. The van der Waals surface area contributed by atoms with Gasteiger partial charge in [-0.3, -0.25) is 4.79 Å². The van der Waals surface area contributed by atoms with Crippen molar-refractivity contribution < 1.29 is 4.79 Å². The van der Waals surface area contributed by atoms with E-state index in [1.807, 2.05) is 6.07 Å². The minimum Gasteiger partial charge on any atom is -0.397 e. The topological polar surface area (TPSA) is 55.1 Å². The van der Waals surface area contributed by atoms with Crippen molar-refractivity contribution in [3.63, 3.8) is 0 Å². The van der Waals surface area contributed by atoms with E-state index in [0.717, 1.165) is 28.6 Å². The molecule has 1 aromatic heterocycles. The highest BCUT2D eigenvalue weighted by Gasteiger charge is 2.32. The van der Waals surface area contributed by atoms with Crippen LogP contribution in [0.4, 0.5) is 10.7 Å². The van der Waals surface area contributed by atoms with Crippen LogP contribution in [0.1, 0.15) is 61.5 Å². The zero-order valence-electron chi connectivity index (χ0n) is 12.2. The molecule has 2 atom stereocenters. The summed E-state index contributed by atoms with van der Waals surface area (Å²) >= 11 is 1.55. The lowest BCUT2D eigenvalue weighted by Gasteiger charge is -2.16. The van der Waals surface area contributed by atoms with E-state index >= 15 is 0 Å². The van der Waals surface area contributed by atoms with Gasteiger partial charge in [-0.15, -0.1) is 11.3 Å². The maximum absolute atomic E-state index is 12.1. The van der Waals surface area contributed by atoms with Crippen LogP contribution in [0.15, 0.2) is 6.07 Å². The lowest BCUT2D eigenvalue weighted by Crippen LogP contribution is -2.17. The Morgan fingerprint density at radius 1 is 1.25 bits per heavy atom. The van der Waals surface area contributed by atoms with Crippen LogP contribution in [0.2, 0.25) is 0 Å². The lowest BCUT2D eigenvalue weighted by molar-refractivity contribution is 0.0972. The molecule has 0 aromatic carbocycles. The second kappa shape index (κ2) is 5.76. The van der Waals surface area contributed by atoms with E-state index in [4.69, 9.17) is 5.73 Å². The number of carbonyl (C=O) groups excluding carboxylic acids is 1. The molecule has 0 radical (unpaired) electrons. The predicted octanol–water partition coefficient (Wildman–Crippen LogP) is 4.30. The summed E-state index contributed by atoms with van der Waals surface area (Å²) in [5.41, 5.74) is 6.68. The van der Waals surface area contributed by atoms with Crippen LogP contribution in [0.25, 0.3) is 0 Å². The van der Waals surface area contributed by atoms with Crippen LogP contribution in [0.5, 0.6) is 0 Å². The largest absolute Gasteiger partial charge is 0.397 e. The van der Waals surface area contributed by atoms with Crippen molar-refractivity contribution in [2.75, 3.05) is 11.1 Å². The van der Waals surface area contributed by atoms with Gasteiger partial charge in [0.1, 0.15) is 0 Å². The van der Waals surface area contributed by atoms with Gasteiger partial charge in [-0.25, -0.2) is 0 Å². The first-order valence-corrected chi connectivity index (χ1v) is 8.65. The van der Waals surface area contributed by atoms with Crippen LogP contribution in [0.3, 0.4) is 0 Å². The van der Waals surface area contributed by atoms with E-state index in [0.29, 0.717) is 11.7 Å². The molecule has 1 aromatic rings. The molecule has 0 bridgehead atoms. The molecule has 2 unspecified atom stereocenters. The third-order valence-corrected chi connectivity index (χ3v) is 5.63. The van der Waals surface area contributed by atoms with E-state index in [-0.39, 0.29) is 11.7 Å². The van der Waals surface area contributed by atoms with Crippen molar-refractivity contribution in [3.05, 3.63) is 10.9 Å². The maximum Gasteiger partial charge on any atom is 0.178 e. The van der Waals surface area contributed by atoms with Gasteiger partial charge in [0.2, 0.25) is 0 Å². The Kier molecular flexibility index (Phi) is 4.01. The molecule has 2 fully saturated rings. The molecule has 3 nitrogen and oxygen atoms in total. The summed E-state index contributed by atoms with van der Waals surface area (Å²) in [6.45, 7) is 2.35. The summed E-state index contributed by atoms with van der Waals surface area (Å²) in [7, 11) is 0. The number of nitrogens with one attached hydrogen (secondary N) is 1. The van der Waals surface area contributed by atoms with Gasteiger partial charge in [-0.2, -0.15) is 0 Å². The van der Waals surface area contributed by atoms with Crippen molar-refractivity contribution >= 4 is 27.8 Å². The Bertz CT molecular complexity index is 493. The maximum atomic E-state index is 12.1. The summed E-state index contributed by atoms with van der Waals surface area (Å²) in [5, 5.41) is 4.68. The molecular formula is C16H24N2OS. The van der Waals surface area contributed by atoms with Crippen molar-refractivity contribution in [3.8, 4) is 0 Å². The predicted molar refractivity (Wildman–Crippen MR) is 85.4 cm³/mol. The smallest absolute Gasteiger partial charge is 0.178 e. The highest BCUT2D eigenvalue weighted by Crippen LogP contribution is 2.39. The van der Waals surface area contributed by atoms with Crippen molar-refractivity contribution in [2.45, 2.75) is 57.9 Å². The average Bonchev–Trinajstić information content (AvgIpc) is 3.20. The first-order valence-electron chi connectivity index (χ1n) is 7.83. The van der Waals surface area contributed by atoms with E-state index in [9.17, 15) is 4.79 Å². The molecular weight excluding hydrogens is 268 g/mol. The van der Waals surface area contributed by atoms with Gasteiger partial charge in [0.15, 0.2) is 5.78 Å². The van der Waals surface area contributed by atoms with Gasteiger partial charge in [0, 0.05) is 12.0 Å². The van der Waals surface area contributed by atoms with E-state index in [1.54, 1.807) is 11.3 Å². The fraction of sp³-hybridized carbons (Fsp3) is 0.688. The number of rotatable bonds is 4. The zero-order chi connectivity index (χ0) is 14.1. The van der Waals surface area contributed by atoms with Crippen molar-refractivity contribution in [1.29, 1.82) is 0 Å². The van der Waals surface area contributed by atoms with Crippen LogP contribution in [0, 0.1) is 11.8 Å². The number of hydrogen-bond acceptors (Lipinski definition) is 4. The quantitative estimate of drug-likeness (QED) is 0.642. The third-order valence-electron chi connectivity index (χ3n) is 4.54. The molecule has 110 valence electrons. The second-order valence-corrected chi connectivity index (χ2v) is 7.54. The second-order valence-electron chi connectivity index (χ2n) is 6.49. The number of ketones is 1. The first kappa shape index (κ1) is 13.9. The van der Waals surface area contributed by atoms with Crippen LogP contribution in [-0.4, -0.2) is 11.8 Å². The Labute approximate surface area is 124 Å². The number of thiophene rings is 1. The normalized spacial score (nSPS) is 27.1. The molecule has 0 aliphatic heterocycles. The number of nitrogen functional groups attached to an aromatic ring is 1. The molecule has 2 aliphatic carbocycles. The third kappa shape index (κ3) is 3.17. The zero-order valence-corrected chi connectivity index (χ0v) is 13.0. The highest BCUT2D eigenvalue weighted by atomic mass is 32.1. The molecule has 3 N–H and O–H groups in total. The first-order chi connectivity index (χ1) is 9.63. The van der Waals surface area contributed by atoms with Gasteiger partial charge in [-0.1, -0.05) is 19.8 Å². The number of carbonyl (C=O) groups is 1. The summed E-state index contributed by atoms with van der Waals surface area (Å²) in [6.07, 6.45) is 8.48. The number of hydrogen-bond donors (Lipinski definition) is 2. The van der Waals surface area contributed by atoms with Gasteiger partial charge < -0.3 is 11.1 Å². The number of nitrogens with two attached hydrogens (primary N) is 1. The van der Waals surface area contributed by atoms with Gasteiger partial charge >= 0.3 is 0 Å². The molecule has 1 heterocycles. The summed E-state index contributed by atoms with van der Waals surface area (Å²) in [6, 6.07) is 2.50.